The zero-order valence-electron chi connectivity index (χ0n) is 6.98. The molecule has 74 valence electrons. The second-order valence-electron chi connectivity index (χ2n) is 2.68. The van der Waals surface area contributed by atoms with E-state index < -0.39 is 23.8 Å². The second kappa shape index (κ2) is 4.13. The van der Waals surface area contributed by atoms with E-state index in [-0.39, 0.29) is 5.56 Å². The van der Waals surface area contributed by atoms with Gasteiger partial charge in [-0.05, 0) is 6.07 Å². The zero-order chi connectivity index (χ0) is 10.7. The molecule has 0 bridgehead atoms. The topological polar surface area (TPSA) is 64.2 Å². The van der Waals surface area contributed by atoms with Crippen molar-refractivity contribution in [2.45, 2.75) is 12.2 Å². The molecule has 0 fully saturated rings. The van der Waals surface area contributed by atoms with Crippen molar-refractivity contribution in [1.29, 1.82) is 5.26 Å². The summed E-state index contributed by atoms with van der Waals surface area (Å²) in [5.41, 5.74) is -0.305. The molecule has 0 aliphatic carbocycles. The fraction of sp³-hybridized carbons (Fsp3) is 0.222. The van der Waals surface area contributed by atoms with Gasteiger partial charge >= 0.3 is 0 Å². The van der Waals surface area contributed by atoms with E-state index in [1.807, 2.05) is 0 Å². The van der Waals surface area contributed by atoms with Gasteiger partial charge in [0.05, 0.1) is 6.07 Å². The fourth-order valence-corrected chi connectivity index (χ4v) is 0.982. The highest BCUT2D eigenvalue weighted by Gasteiger charge is 2.21. The summed E-state index contributed by atoms with van der Waals surface area (Å²) in [6.07, 6.45) is -3.39. The summed E-state index contributed by atoms with van der Waals surface area (Å²) < 4.78 is 25.4. The number of nitrogens with zero attached hydrogens (tertiary/aromatic N) is 1. The van der Waals surface area contributed by atoms with Crippen LogP contribution < -0.4 is 0 Å². The van der Waals surface area contributed by atoms with Crippen LogP contribution in [0.15, 0.2) is 18.2 Å². The molecule has 5 heteroatoms. The quantitative estimate of drug-likeness (QED) is 0.695. The van der Waals surface area contributed by atoms with Crippen LogP contribution >= 0.6 is 0 Å². The third-order valence-corrected chi connectivity index (χ3v) is 1.71. The average Bonchev–Trinajstić information content (AvgIpc) is 2.15. The van der Waals surface area contributed by atoms with Crippen LogP contribution in [-0.2, 0) is 0 Å². The minimum absolute atomic E-state index is 0.305. The molecule has 2 N–H and O–H groups in total. The molecule has 0 spiro atoms. The van der Waals surface area contributed by atoms with E-state index in [0.29, 0.717) is 6.07 Å². The molecule has 0 saturated carbocycles. The summed E-state index contributed by atoms with van der Waals surface area (Å²) in [6.45, 7) is 0. The number of rotatable bonds is 2. The number of aliphatic hydroxyl groups is 2. The van der Waals surface area contributed by atoms with Gasteiger partial charge in [-0.2, -0.15) is 5.26 Å². The highest BCUT2D eigenvalue weighted by molar-refractivity contribution is 5.23. The molecule has 3 nitrogen and oxygen atoms in total. The van der Waals surface area contributed by atoms with Crippen LogP contribution in [0, 0.1) is 23.0 Å². The summed E-state index contributed by atoms with van der Waals surface area (Å²) in [4.78, 5) is 0. The monoisotopic (exact) mass is 199 g/mol. The first-order chi connectivity index (χ1) is 6.56. The van der Waals surface area contributed by atoms with Crippen molar-refractivity contribution in [2.24, 2.45) is 0 Å². The molecular formula is C9H7F2NO2. The number of halogens is 2. The highest BCUT2D eigenvalue weighted by Crippen LogP contribution is 2.20. The Kier molecular flexibility index (Phi) is 3.12. The Morgan fingerprint density at radius 1 is 1.29 bits per heavy atom. The Morgan fingerprint density at radius 2 is 1.93 bits per heavy atom. The molecule has 0 amide bonds. The lowest BCUT2D eigenvalue weighted by Crippen LogP contribution is -2.17. The maximum atomic E-state index is 13.0. The summed E-state index contributed by atoms with van der Waals surface area (Å²) in [5.74, 6) is -1.78. The lowest BCUT2D eigenvalue weighted by Gasteiger charge is -2.12. The predicted octanol–water partition coefficient (Wildman–Crippen LogP) is 0.883. The van der Waals surface area contributed by atoms with E-state index in [2.05, 4.69) is 0 Å². The predicted molar refractivity (Wildman–Crippen MR) is 42.9 cm³/mol. The molecule has 2 atom stereocenters. The lowest BCUT2D eigenvalue weighted by atomic mass is 10.0. The van der Waals surface area contributed by atoms with Crippen molar-refractivity contribution in [1.82, 2.24) is 0 Å². The van der Waals surface area contributed by atoms with Crippen molar-refractivity contribution in [3.05, 3.63) is 35.4 Å². The molecule has 0 radical (unpaired) electrons. The van der Waals surface area contributed by atoms with Gasteiger partial charge in [0.25, 0.3) is 0 Å². The smallest absolute Gasteiger partial charge is 0.170 e. The molecule has 1 aromatic carbocycles. The van der Waals surface area contributed by atoms with Gasteiger partial charge in [-0.25, -0.2) is 8.78 Å². The van der Waals surface area contributed by atoms with E-state index in [0.717, 1.165) is 12.1 Å². The summed E-state index contributed by atoms with van der Waals surface area (Å²) >= 11 is 0. The van der Waals surface area contributed by atoms with Crippen LogP contribution in [-0.4, -0.2) is 16.3 Å². The van der Waals surface area contributed by atoms with E-state index in [4.69, 9.17) is 10.4 Å². The first-order valence-electron chi connectivity index (χ1n) is 3.77. The first-order valence-corrected chi connectivity index (χ1v) is 3.77. The van der Waals surface area contributed by atoms with Gasteiger partial charge in [0, 0.05) is 11.6 Å². The minimum atomic E-state index is -1.73. The summed E-state index contributed by atoms with van der Waals surface area (Å²) in [6, 6.07) is 3.84. The highest BCUT2D eigenvalue weighted by atomic mass is 19.1. The average molecular weight is 199 g/mol. The van der Waals surface area contributed by atoms with Gasteiger partial charge in [-0.1, -0.05) is 6.07 Å². The van der Waals surface area contributed by atoms with Gasteiger partial charge in [0.2, 0.25) is 0 Å². The normalized spacial score (nSPS) is 14.5. The SMILES string of the molecule is N#CC(O)C(O)c1ccc(F)cc1F. The van der Waals surface area contributed by atoms with Crippen molar-refractivity contribution >= 4 is 0 Å². The molecule has 2 unspecified atom stereocenters. The van der Waals surface area contributed by atoms with Crippen LogP contribution in [0.5, 0.6) is 0 Å². The van der Waals surface area contributed by atoms with Crippen molar-refractivity contribution < 1.29 is 19.0 Å². The fourth-order valence-electron chi connectivity index (χ4n) is 0.982. The van der Waals surface area contributed by atoms with Gasteiger partial charge in [0.15, 0.2) is 6.10 Å². The largest absolute Gasteiger partial charge is 0.384 e. The minimum Gasteiger partial charge on any atom is -0.384 e. The van der Waals surface area contributed by atoms with Crippen molar-refractivity contribution in [2.75, 3.05) is 0 Å². The van der Waals surface area contributed by atoms with Crippen molar-refractivity contribution in [3.8, 4) is 6.07 Å². The Morgan fingerprint density at radius 3 is 2.43 bits per heavy atom. The Labute approximate surface area is 78.8 Å². The second-order valence-corrected chi connectivity index (χ2v) is 2.68. The number of hydrogen-bond donors (Lipinski definition) is 2. The molecule has 0 heterocycles. The standard InChI is InChI=1S/C9H7F2NO2/c10-5-1-2-6(7(11)3-5)9(14)8(13)4-12/h1-3,8-9,13-14H. The maximum absolute atomic E-state index is 13.0. The zero-order valence-corrected chi connectivity index (χ0v) is 6.98. The van der Waals surface area contributed by atoms with Gasteiger partial charge in [-0.3, -0.25) is 0 Å². The Balaban J connectivity index is 3.03. The molecule has 0 aromatic heterocycles. The molecule has 0 aliphatic heterocycles. The van der Waals surface area contributed by atoms with Crippen LogP contribution in [0.2, 0.25) is 0 Å². The third-order valence-electron chi connectivity index (χ3n) is 1.71. The van der Waals surface area contributed by atoms with Gasteiger partial charge in [0.1, 0.15) is 17.7 Å². The lowest BCUT2D eigenvalue weighted by molar-refractivity contribution is 0.0502. The molecular weight excluding hydrogens is 192 g/mol. The molecule has 14 heavy (non-hydrogen) atoms. The number of aliphatic hydroxyl groups excluding tert-OH is 2. The van der Waals surface area contributed by atoms with E-state index in [1.54, 1.807) is 0 Å². The van der Waals surface area contributed by atoms with Crippen molar-refractivity contribution in [3.63, 3.8) is 0 Å². The van der Waals surface area contributed by atoms with Crippen LogP contribution in [0.4, 0.5) is 8.78 Å². The molecule has 1 rings (SSSR count). The number of benzene rings is 1. The van der Waals surface area contributed by atoms with Crippen LogP contribution in [0.25, 0.3) is 0 Å². The van der Waals surface area contributed by atoms with E-state index >= 15 is 0 Å². The van der Waals surface area contributed by atoms with Crippen LogP contribution in [0.1, 0.15) is 11.7 Å². The Hall–Kier alpha value is -1.51. The van der Waals surface area contributed by atoms with Gasteiger partial charge < -0.3 is 10.2 Å². The number of nitriles is 1. The maximum Gasteiger partial charge on any atom is 0.170 e. The molecule has 0 aliphatic rings. The van der Waals surface area contributed by atoms with E-state index in [1.165, 1.54) is 6.07 Å². The summed E-state index contributed by atoms with van der Waals surface area (Å²) in [7, 11) is 0. The van der Waals surface area contributed by atoms with Crippen LogP contribution in [0.3, 0.4) is 0 Å². The molecule has 0 saturated heterocycles. The summed E-state index contributed by atoms with van der Waals surface area (Å²) in [5, 5.41) is 26.4. The van der Waals surface area contributed by atoms with E-state index in [9.17, 15) is 13.9 Å². The number of hydrogen-bond acceptors (Lipinski definition) is 3. The third kappa shape index (κ3) is 2.05. The first kappa shape index (κ1) is 10.6. The van der Waals surface area contributed by atoms with Gasteiger partial charge in [-0.15, -0.1) is 0 Å². The Bertz CT molecular complexity index is 376. The molecule has 1 aromatic rings.